The van der Waals surface area contributed by atoms with E-state index in [0.717, 1.165) is 5.56 Å². The third-order valence-corrected chi connectivity index (χ3v) is 6.02. The highest BCUT2D eigenvalue weighted by atomic mass is 19.1. The summed E-state index contributed by atoms with van der Waals surface area (Å²) in [5, 5.41) is 0.483. The molecule has 0 aliphatic carbocycles. The number of carbonyl (C=O) groups excluding carboxylic acids is 1. The molecule has 1 aromatic heterocycles. The molecule has 0 saturated heterocycles. The first kappa shape index (κ1) is 24.3. The lowest BCUT2D eigenvalue weighted by molar-refractivity contribution is 0.0575. The number of rotatable bonds is 8. The van der Waals surface area contributed by atoms with Crippen LogP contribution in [-0.2, 0) is 4.74 Å². The zero-order valence-electron chi connectivity index (χ0n) is 20.1. The Morgan fingerprint density at radius 3 is 2.54 bits per heavy atom. The molecular formula is C28H28FN3O3. The van der Waals surface area contributed by atoms with E-state index in [1.807, 2.05) is 44.2 Å². The zero-order chi connectivity index (χ0) is 24.9. The molecule has 0 spiro atoms. The van der Waals surface area contributed by atoms with Crippen molar-refractivity contribution in [3.05, 3.63) is 106 Å². The molecule has 35 heavy (non-hydrogen) atoms. The van der Waals surface area contributed by atoms with Crippen LogP contribution in [0, 0.1) is 12.7 Å². The van der Waals surface area contributed by atoms with E-state index >= 15 is 0 Å². The summed E-state index contributed by atoms with van der Waals surface area (Å²) < 4.78 is 21.4. The van der Waals surface area contributed by atoms with E-state index in [2.05, 4.69) is 0 Å². The third kappa shape index (κ3) is 4.86. The molecule has 0 aliphatic heterocycles. The number of hydrogen-bond acceptors (Lipinski definition) is 4. The Hall–Kier alpha value is -3.84. The van der Waals surface area contributed by atoms with Gasteiger partial charge in [-0.05, 0) is 55.3 Å². The van der Waals surface area contributed by atoms with E-state index in [9.17, 15) is 14.0 Å². The van der Waals surface area contributed by atoms with Crippen LogP contribution in [0.15, 0.2) is 77.6 Å². The lowest BCUT2D eigenvalue weighted by Crippen LogP contribution is -2.40. The van der Waals surface area contributed by atoms with Crippen molar-refractivity contribution in [1.82, 2.24) is 14.5 Å². The molecule has 3 aromatic carbocycles. The maximum Gasteiger partial charge on any atom is 0.266 e. The van der Waals surface area contributed by atoms with Gasteiger partial charge in [0, 0.05) is 13.7 Å². The molecule has 180 valence electrons. The third-order valence-electron chi connectivity index (χ3n) is 6.02. The number of ether oxygens (including phenoxy) is 1. The number of fused-ring (bicyclic) bond motifs is 1. The number of benzene rings is 3. The lowest BCUT2D eigenvalue weighted by atomic mass is 10.1. The van der Waals surface area contributed by atoms with Gasteiger partial charge in [0.15, 0.2) is 0 Å². The molecule has 4 aromatic rings. The summed E-state index contributed by atoms with van der Waals surface area (Å²) in [4.78, 5) is 33.8. The Morgan fingerprint density at radius 1 is 1.09 bits per heavy atom. The smallest absolute Gasteiger partial charge is 0.266 e. The molecule has 1 heterocycles. The number of methoxy groups -OCH3 is 1. The van der Waals surface area contributed by atoms with Crippen molar-refractivity contribution in [2.45, 2.75) is 26.3 Å². The van der Waals surface area contributed by atoms with Crippen LogP contribution in [0.5, 0.6) is 0 Å². The van der Waals surface area contributed by atoms with Crippen LogP contribution in [0.4, 0.5) is 4.39 Å². The standard InChI is InChI=1S/C28H28FN3O3/c1-4-25(31(16-17-35-3)27(33)21-12-5-7-14-23(21)29)26-30-24-15-8-6-13-22(24)28(34)32(26)20-11-9-10-19(2)18-20/h5-15,18,25H,4,16-17H2,1-3H3. The van der Waals surface area contributed by atoms with E-state index in [-0.39, 0.29) is 24.3 Å². The van der Waals surface area contributed by atoms with Gasteiger partial charge >= 0.3 is 0 Å². The van der Waals surface area contributed by atoms with Crippen molar-refractivity contribution in [2.75, 3.05) is 20.3 Å². The molecule has 1 atom stereocenters. The first-order valence-corrected chi connectivity index (χ1v) is 11.6. The molecule has 0 fully saturated rings. The Labute approximate surface area is 203 Å². The van der Waals surface area contributed by atoms with E-state index in [1.165, 1.54) is 12.1 Å². The van der Waals surface area contributed by atoms with Crippen molar-refractivity contribution in [2.24, 2.45) is 0 Å². The minimum absolute atomic E-state index is 0.0349. The number of aryl methyl sites for hydroxylation is 1. The monoisotopic (exact) mass is 473 g/mol. The van der Waals surface area contributed by atoms with Crippen LogP contribution in [0.3, 0.4) is 0 Å². The minimum Gasteiger partial charge on any atom is -0.383 e. The maximum atomic E-state index is 14.6. The number of hydrogen-bond donors (Lipinski definition) is 0. The molecule has 0 radical (unpaired) electrons. The Bertz CT molecular complexity index is 1420. The lowest BCUT2D eigenvalue weighted by Gasteiger charge is -2.32. The Balaban J connectivity index is 1.96. The largest absolute Gasteiger partial charge is 0.383 e. The van der Waals surface area contributed by atoms with Crippen LogP contribution < -0.4 is 5.56 Å². The molecule has 0 N–H and O–H groups in total. The van der Waals surface area contributed by atoms with Gasteiger partial charge in [-0.3, -0.25) is 14.2 Å². The van der Waals surface area contributed by atoms with Crippen LogP contribution in [0.1, 0.15) is 41.1 Å². The van der Waals surface area contributed by atoms with Crippen molar-refractivity contribution in [3.8, 4) is 5.69 Å². The first-order valence-electron chi connectivity index (χ1n) is 11.6. The fourth-order valence-corrected chi connectivity index (χ4v) is 4.31. The van der Waals surface area contributed by atoms with Crippen LogP contribution in [0.25, 0.3) is 16.6 Å². The predicted octanol–water partition coefficient (Wildman–Crippen LogP) is 5.07. The normalized spacial score (nSPS) is 12.0. The van der Waals surface area contributed by atoms with Crippen molar-refractivity contribution >= 4 is 16.8 Å². The van der Waals surface area contributed by atoms with Gasteiger partial charge in [-0.2, -0.15) is 0 Å². The number of para-hydroxylation sites is 1. The summed E-state index contributed by atoms with van der Waals surface area (Å²) in [5.74, 6) is -0.662. The molecule has 1 amide bonds. The van der Waals surface area contributed by atoms with E-state index in [0.29, 0.717) is 28.8 Å². The number of carbonyl (C=O) groups is 1. The molecule has 7 heteroatoms. The summed E-state index contributed by atoms with van der Waals surface area (Å²) >= 11 is 0. The van der Waals surface area contributed by atoms with Crippen LogP contribution in [0.2, 0.25) is 0 Å². The second-order valence-electron chi connectivity index (χ2n) is 8.36. The van der Waals surface area contributed by atoms with Gasteiger partial charge in [0.05, 0.1) is 34.8 Å². The highest BCUT2D eigenvalue weighted by Gasteiger charge is 2.30. The molecular weight excluding hydrogens is 445 g/mol. The number of nitrogens with zero attached hydrogens (tertiary/aromatic N) is 3. The molecule has 4 rings (SSSR count). The van der Waals surface area contributed by atoms with E-state index in [1.54, 1.807) is 46.9 Å². The van der Waals surface area contributed by atoms with Gasteiger partial charge in [0.1, 0.15) is 11.6 Å². The van der Waals surface area contributed by atoms with Crippen LogP contribution >= 0.6 is 0 Å². The minimum atomic E-state index is -0.602. The van der Waals surface area contributed by atoms with Gasteiger partial charge in [0.2, 0.25) is 0 Å². The van der Waals surface area contributed by atoms with E-state index in [4.69, 9.17) is 9.72 Å². The van der Waals surface area contributed by atoms with Crippen LogP contribution in [-0.4, -0.2) is 40.6 Å². The second kappa shape index (κ2) is 10.6. The Kier molecular flexibility index (Phi) is 7.36. The average molecular weight is 474 g/mol. The number of aromatic nitrogens is 2. The highest BCUT2D eigenvalue weighted by Crippen LogP contribution is 2.28. The van der Waals surface area contributed by atoms with Crippen molar-refractivity contribution < 1.29 is 13.9 Å². The van der Waals surface area contributed by atoms with Gasteiger partial charge < -0.3 is 9.64 Å². The molecule has 1 unspecified atom stereocenters. The summed E-state index contributed by atoms with van der Waals surface area (Å²) in [6.45, 7) is 4.32. The zero-order valence-corrected chi connectivity index (χ0v) is 20.1. The average Bonchev–Trinajstić information content (AvgIpc) is 2.86. The predicted molar refractivity (Wildman–Crippen MR) is 134 cm³/mol. The maximum absolute atomic E-state index is 14.6. The summed E-state index contributed by atoms with van der Waals surface area (Å²) in [7, 11) is 1.55. The van der Waals surface area contributed by atoms with Crippen molar-refractivity contribution in [1.29, 1.82) is 0 Å². The van der Waals surface area contributed by atoms with E-state index < -0.39 is 17.8 Å². The summed E-state index contributed by atoms with van der Waals surface area (Å²) in [6.07, 6.45) is 0.459. The fourth-order valence-electron chi connectivity index (χ4n) is 4.31. The van der Waals surface area contributed by atoms with Gasteiger partial charge in [-0.15, -0.1) is 0 Å². The van der Waals surface area contributed by atoms with Crippen molar-refractivity contribution in [3.63, 3.8) is 0 Å². The number of halogens is 1. The molecule has 0 saturated carbocycles. The first-order chi connectivity index (χ1) is 17.0. The Morgan fingerprint density at radius 2 is 1.83 bits per heavy atom. The molecule has 6 nitrogen and oxygen atoms in total. The van der Waals surface area contributed by atoms with Gasteiger partial charge in [-0.25, -0.2) is 9.37 Å². The summed E-state index contributed by atoms with van der Waals surface area (Å²) in [6, 6.07) is 20.0. The SMILES string of the molecule is CCC(c1nc2ccccc2c(=O)n1-c1cccc(C)c1)N(CCOC)C(=O)c1ccccc1F. The quantitative estimate of drug-likeness (QED) is 0.358. The number of amides is 1. The second-order valence-corrected chi connectivity index (χ2v) is 8.36. The topological polar surface area (TPSA) is 64.4 Å². The molecule has 0 aliphatic rings. The fraction of sp³-hybridized carbons (Fsp3) is 0.250. The highest BCUT2D eigenvalue weighted by molar-refractivity contribution is 5.94. The summed E-state index contributed by atoms with van der Waals surface area (Å²) in [5.41, 5.74) is 1.93. The van der Waals surface area contributed by atoms with Gasteiger partial charge in [-0.1, -0.05) is 43.3 Å². The van der Waals surface area contributed by atoms with Gasteiger partial charge in [0.25, 0.3) is 11.5 Å². The molecule has 0 bridgehead atoms.